The predicted molar refractivity (Wildman–Crippen MR) is 90.8 cm³/mol. The second-order valence-electron chi connectivity index (χ2n) is 4.73. The highest BCUT2D eigenvalue weighted by atomic mass is 32.2. The molecule has 0 bridgehead atoms. The molecule has 0 aliphatic rings. The van der Waals surface area contributed by atoms with Gasteiger partial charge in [0.25, 0.3) is 5.91 Å². The number of carbonyl (C=O) groups is 1. The van der Waals surface area contributed by atoms with Gasteiger partial charge in [0.15, 0.2) is 10.9 Å². The van der Waals surface area contributed by atoms with Crippen LogP contribution in [0, 0.1) is 6.92 Å². The maximum Gasteiger partial charge on any atom is 0.264 e. The summed E-state index contributed by atoms with van der Waals surface area (Å²) in [5.74, 6) is 1.46. The average molecular weight is 337 g/mol. The molecule has 0 fully saturated rings. The SMILES string of the molecule is CCCCSc1nnc(NC(=O)COc2ccc(C)cc2)s1. The van der Waals surface area contributed by atoms with Gasteiger partial charge in [-0.2, -0.15) is 0 Å². The normalized spacial score (nSPS) is 10.5. The van der Waals surface area contributed by atoms with Gasteiger partial charge in [-0.25, -0.2) is 0 Å². The summed E-state index contributed by atoms with van der Waals surface area (Å²) < 4.78 is 6.30. The zero-order chi connectivity index (χ0) is 15.8. The minimum Gasteiger partial charge on any atom is -0.484 e. The number of amides is 1. The van der Waals surface area contributed by atoms with Crippen LogP contribution in [0.4, 0.5) is 5.13 Å². The topological polar surface area (TPSA) is 64.1 Å². The van der Waals surface area contributed by atoms with Crippen LogP contribution in [0.2, 0.25) is 0 Å². The van der Waals surface area contributed by atoms with Gasteiger partial charge in [0.05, 0.1) is 0 Å². The minimum atomic E-state index is -0.234. The Bertz CT molecular complexity index is 599. The zero-order valence-corrected chi connectivity index (χ0v) is 14.3. The van der Waals surface area contributed by atoms with Crippen LogP contribution in [-0.4, -0.2) is 28.5 Å². The van der Waals surface area contributed by atoms with E-state index in [4.69, 9.17) is 4.74 Å². The van der Waals surface area contributed by atoms with Crippen molar-refractivity contribution in [3.63, 3.8) is 0 Å². The number of unbranched alkanes of at least 4 members (excludes halogenated alkanes) is 1. The number of hydrogen-bond donors (Lipinski definition) is 1. The van der Waals surface area contributed by atoms with Crippen LogP contribution in [0.1, 0.15) is 25.3 Å². The van der Waals surface area contributed by atoms with Crippen LogP contribution in [0.25, 0.3) is 0 Å². The number of aryl methyl sites for hydroxylation is 1. The first-order chi connectivity index (χ1) is 10.7. The Morgan fingerprint density at radius 2 is 2.09 bits per heavy atom. The number of carbonyl (C=O) groups excluding carboxylic acids is 1. The van der Waals surface area contributed by atoms with Gasteiger partial charge in [-0.15, -0.1) is 10.2 Å². The van der Waals surface area contributed by atoms with Gasteiger partial charge in [-0.3, -0.25) is 10.1 Å². The van der Waals surface area contributed by atoms with Crippen molar-refractivity contribution >= 4 is 34.1 Å². The molecule has 0 atom stereocenters. The first-order valence-corrected chi connectivity index (χ1v) is 8.93. The summed E-state index contributed by atoms with van der Waals surface area (Å²) in [4.78, 5) is 11.8. The van der Waals surface area contributed by atoms with Crippen LogP contribution in [0.3, 0.4) is 0 Å². The molecule has 0 unspecified atom stereocenters. The Hall–Kier alpha value is -1.60. The molecule has 0 spiro atoms. The first-order valence-electron chi connectivity index (χ1n) is 7.13. The first kappa shape index (κ1) is 16.8. The summed E-state index contributed by atoms with van der Waals surface area (Å²) in [5.41, 5.74) is 1.15. The molecule has 0 radical (unpaired) electrons. The molecule has 0 aliphatic heterocycles. The van der Waals surface area contributed by atoms with Gasteiger partial charge < -0.3 is 4.74 Å². The number of thioether (sulfide) groups is 1. The van der Waals surface area contributed by atoms with Gasteiger partial charge in [-0.1, -0.05) is 54.1 Å². The number of aromatic nitrogens is 2. The monoisotopic (exact) mass is 337 g/mol. The molecule has 1 amide bonds. The van der Waals surface area contributed by atoms with E-state index in [0.29, 0.717) is 10.9 Å². The Balaban J connectivity index is 1.75. The fraction of sp³-hybridized carbons (Fsp3) is 0.400. The molecule has 1 aromatic carbocycles. The maximum atomic E-state index is 11.8. The van der Waals surface area contributed by atoms with Crippen LogP contribution < -0.4 is 10.1 Å². The van der Waals surface area contributed by atoms with Crippen molar-refractivity contribution < 1.29 is 9.53 Å². The van der Waals surface area contributed by atoms with Gasteiger partial charge in [-0.05, 0) is 25.5 Å². The molecule has 2 aromatic rings. The minimum absolute atomic E-state index is 0.0407. The molecule has 0 aliphatic carbocycles. The summed E-state index contributed by atoms with van der Waals surface area (Å²) in [6.07, 6.45) is 2.31. The zero-order valence-electron chi connectivity index (χ0n) is 12.7. The molecule has 1 N–H and O–H groups in total. The molecule has 1 aromatic heterocycles. The van der Waals surface area contributed by atoms with E-state index >= 15 is 0 Å². The van der Waals surface area contributed by atoms with E-state index in [1.807, 2.05) is 31.2 Å². The lowest BCUT2D eigenvalue weighted by molar-refractivity contribution is -0.118. The van der Waals surface area contributed by atoms with Crippen molar-refractivity contribution in [1.29, 1.82) is 0 Å². The van der Waals surface area contributed by atoms with Gasteiger partial charge in [0.2, 0.25) is 5.13 Å². The molecule has 5 nitrogen and oxygen atoms in total. The molecule has 2 rings (SSSR count). The lowest BCUT2D eigenvalue weighted by atomic mass is 10.2. The summed E-state index contributed by atoms with van der Waals surface area (Å²) in [7, 11) is 0. The van der Waals surface area contributed by atoms with Crippen LogP contribution >= 0.6 is 23.1 Å². The van der Waals surface area contributed by atoms with E-state index in [0.717, 1.165) is 28.5 Å². The van der Waals surface area contributed by atoms with Crippen LogP contribution in [-0.2, 0) is 4.79 Å². The van der Waals surface area contributed by atoms with Gasteiger partial charge in [0.1, 0.15) is 5.75 Å². The Morgan fingerprint density at radius 3 is 2.82 bits per heavy atom. The van der Waals surface area contributed by atoms with E-state index in [1.54, 1.807) is 11.8 Å². The third kappa shape index (κ3) is 5.65. The summed E-state index contributed by atoms with van der Waals surface area (Å²) >= 11 is 3.06. The summed E-state index contributed by atoms with van der Waals surface area (Å²) in [6, 6.07) is 7.57. The van der Waals surface area contributed by atoms with Crippen molar-refractivity contribution in [3.8, 4) is 5.75 Å². The number of rotatable bonds is 8. The number of nitrogens with one attached hydrogen (secondary N) is 1. The third-order valence-corrected chi connectivity index (χ3v) is 4.83. The predicted octanol–water partition coefficient (Wildman–Crippen LogP) is 3.76. The summed E-state index contributed by atoms with van der Waals surface area (Å²) in [5, 5.41) is 11.2. The molecule has 0 saturated heterocycles. The average Bonchev–Trinajstić information content (AvgIpc) is 2.94. The molecule has 1 heterocycles. The fourth-order valence-corrected chi connectivity index (χ4v) is 3.48. The summed E-state index contributed by atoms with van der Waals surface area (Å²) in [6.45, 7) is 4.11. The van der Waals surface area contributed by atoms with E-state index in [2.05, 4.69) is 22.4 Å². The lowest BCUT2D eigenvalue weighted by Crippen LogP contribution is -2.20. The second kappa shape index (κ2) is 8.75. The van der Waals surface area contributed by atoms with E-state index in [1.165, 1.54) is 11.3 Å². The van der Waals surface area contributed by atoms with Crippen molar-refractivity contribution in [3.05, 3.63) is 29.8 Å². The molecule has 118 valence electrons. The number of nitrogens with zero attached hydrogens (tertiary/aromatic N) is 2. The second-order valence-corrected chi connectivity index (χ2v) is 7.04. The number of benzene rings is 1. The number of anilines is 1. The molecular weight excluding hydrogens is 318 g/mol. The molecule has 0 saturated carbocycles. The fourth-order valence-electron chi connectivity index (χ4n) is 1.56. The lowest BCUT2D eigenvalue weighted by Gasteiger charge is -2.05. The largest absolute Gasteiger partial charge is 0.484 e. The van der Waals surface area contributed by atoms with Crippen molar-refractivity contribution in [2.45, 2.75) is 31.0 Å². The Kier molecular flexibility index (Phi) is 6.67. The highest BCUT2D eigenvalue weighted by Gasteiger charge is 2.09. The Morgan fingerprint density at radius 1 is 1.32 bits per heavy atom. The number of ether oxygens (including phenoxy) is 1. The Labute approximate surface area is 138 Å². The van der Waals surface area contributed by atoms with Crippen LogP contribution in [0.15, 0.2) is 28.6 Å². The molecular formula is C15H19N3O2S2. The van der Waals surface area contributed by atoms with E-state index < -0.39 is 0 Å². The van der Waals surface area contributed by atoms with E-state index in [-0.39, 0.29) is 12.5 Å². The highest BCUT2D eigenvalue weighted by Crippen LogP contribution is 2.26. The molecule has 7 heteroatoms. The maximum absolute atomic E-state index is 11.8. The standard InChI is InChI=1S/C15H19N3O2S2/c1-3-4-9-21-15-18-17-14(22-15)16-13(19)10-20-12-7-5-11(2)6-8-12/h5-8H,3-4,9-10H2,1-2H3,(H,16,17,19). The number of hydrogen-bond acceptors (Lipinski definition) is 6. The smallest absolute Gasteiger partial charge is 0.264 e. The van der Waals surface area contributed by atoms with Gasteiger partial charge >= 0.3 is 0 Å². The van der Waals surface area contributed by atoms with Gasteiger partial charge in [0, 0.05) is 5.75 Å². The van der Waals surface area contributed by atoms with Crippen LogP contribution in [0.5, 0.6) is 5.75 Å². The van der Waals surface area contributed by atoms with Crippen molar-refractivity contribution in [1.82, 2.24) is 10.2 Å². The third-order valence-electron chi connectivity index (χ3n) is 2.77. The molecule has 22 heavy (non-hydrogen) atoms. The van der Waals surface area contributed by atoms with Crippen molar-refractivity contribution in [2.75, 3.05) is 17.7 Å². The highest BCUT2D eigenvalue weighted by molar-refractivity contribution is 8.01. The quantitative estimate of drug-likeness (QED) is 0.451. The van der Waals surface area contributed by atoms with E-state index in [9.17, 15) is 4.79 Å². The van der Waals surface area contributed by atoms with Crippen molar-refractivity contribution in [2.24, 2.45) is 0 Å².